The highest BCUT2D eigenvalue weighted by Crippen LogP contribution is 2.27. The first-order valence-corrected chi connectivity index (χ1v) is 7.14. The van der Waals surface area contributed by atoms with Crippen molar-refractivity contribution < 1.29 is 0 Å². The summed E-state index contributed by atoms with van der Waals surface area (Å²) < 4.78 is 0. The SMILES string of the molecule is Cc1cc(N(C)C2CCCCC2)ccc1CCl. The molecule has 1 fully saturated rings. The van der Waals surface area contributed by atoms with Crippen molar-refractivity contribution in [2.75, 3.05) is 11.9 Å². The molecule has 2 rings (SSSR count). The van der Waals surface area contributed by atoms with E-state index in [1.807, 2.05) is 0 Å². The Kier molecular flexibility index (Phi) is 4.33. The minimum atomic E-state index is 0.610. The lowest BCUT2D eigenvalue weighted by atomic mass is 9.94. The number of hydrogen-bond donors (Lipinski definition) is 0. The van der Waals surface area contributed by atoms with E-state index >= 15 is 0 Å². The molecule has 17 heavy (non-hydrogen) atoms. The van der Waals surface area contributed by atoms with E-state index in [1.54, 1.807) is 0 Å². The van der Waals surface area contributed by atoms with Crippen LogP contribution in [-0.2, 0) is 5.88 Å². The molecule has 0 atom stereocenters. The highest BCUT2D eigenvalue weighted by atomic mass is 35.5. The quantitative estimate of drug-likeness (QED) is 0.715. The number of halogens is 1. The van der Waals surface area contributed by atoms with Gasteiger partial charge in [-0.1, -0.05) is 25.3 Å². The Morgan fingerprint density at radius 2 is 1.94 bits per heavy atom. The van der Waals surface area contributed by atoms with Gasteiger partial charge in [0, 0.05) is 24.7 Å². The minimum Gasteiger partial charge on any atom is -0.372 e. The molecule has 1 nitrogen and oxygen atoms in total. The van der Waals surface area contributed by atoms with Crippen LogP contribution in [0, 0.1) is 6.92 Å². The van der Waals surface area contributed by atoms with E-state index in [9.17, 15) is 0 Å². The molecule has 0 bridgehead atoms. The van der Waals surface area contributed by atoms with Crippen LogP contribution in [0.2, 0.25) is 0 Å². The molecule has 0 amide bonds. The van der Waals surface area contributed by atoms with Gasteiger partial charge in [-0.15, -0.1) is 11.6 Å². The second kappa shape index (κ2) is 5.77. The van der Waals surface area contributed by atoms with Crippen molar-refractivity contribution >= 4 is 17.3 Å². The zero-order valence-electron chi connectivity index (χ0n) is 10.9. The summed E-state index contributed by atoms with van der Waals surface area (Å²) >= 11 is 5.90. The molecule has 0 radical (unpaired) electrons. The summed E-state index contributed by atoms with van der Waals surface area (Å²) in [5.74, 6) is 0.610. The summed E-state index contributed by atoms with van der Waals surface area (Å²) in [6, 6.07) is 7.37. The first-order valence-electron chi connectivity index (χ1n) is 6.60. The fourth-order valence-electron chi connectivity index (χ4n) is 2.73. The second-order valence-corrected chi connectivity index (χ2v) is 5.41. The van der Waals surface area contributed by atoms with Crippen molar-refractivity contribution in [2.24, 2.45) is 0 Å². The molecular formula is C15H22ClN. The zero-order valence-corrected chi connectivity index (χ0v) is 11.6. The third kappa shape index (κ3) is 2.95. The molecule has 0 spiro atoms. The average molecular weight is 252 g/mol. The molecule has 0 heterocycles. The summed E-state index contributed by atoms with van der Waals surface area (Å²) in [6.07, 6.45) is 6.86. The number of nitrogens with zero attached hydrogens (tertiary/aromatic N) is 1. The van der Waals surface area contributed by atoms with Gasteiger partial charge < -0.3 is 4.90 Å². The van der Waals surface area contributed by atoms with Crippen LogP contribution in [0.3, 0.4) is 0 Å². The van der Waals surface area contributed by atoms with E-state index in [2.05, 4.69) is 37.1 Å². The lowest BCUT2D eigenvalue weighted by molar-refractivity contribution is 0.427. The first-order chi connectivity index (χ1) is 8.22. The number of benzene rings is 1. The topological polar surface area (TPSA) is 3.24 Å². The monoisotopic (exact) mass is 251 g/mol. The highest BCUT2D eigenvalue weighted by molar-refractivity contribution is 6.17. The van der Waals surface area contributed by atoms with Gasteiger partial charge in [0.1, 0.15) is 0 Å². The fourth-order valence-corrected chi connectivity index (χ4v) is 3.03. The van der Waals surface area contributed by atoms with Crippen LogP contribution in [0.15, 0.2) is 18.2 Å². The second-order valence-electron chi connectivity index (χ2n) is 5.15. The van der Waals surface area contributed by atoms with Crippen LogP contribution in [0.4, 0.5) is 5.69 Å². The average Bonchev–Trinajstić information content (AvgIpc) is 2.39. The van der Waals surface area contributed by atoms with Crippen LogP contribution in [-0.4, -0.2) is 13.1 Å². The van der Waals surface area contributed by atoms with Crippen molar-refractivity contribution in [1.29, 1.82) is 0 Å². The largest absolute Gasteiger partial charge is 0.372 e. The van der Waals surface area contributed by atoms with Crippen molar-refractivity contribution in [1.82, 2.24) is 0 Å². The molecule has 1 aliphatic rings. The van der Waals surface area contributed by atoms with Gasteiger partial charge in [0.05, 0.1) is 0 Å². The summed E-state index contributed by atoms with van der Waals surface area (Å²) in [4.78, 5) is 2.45. The van der Waals surface area contributed by atoms with Gasteiger partial charge in [0.25, 0.3) is 0 Å². The van der Waals surface area contributed by atoms with Crippen LogP contribution >= 0.6 is 11.6 Å². The fraction of sp³-hybridized carbons (Fsp3) is 0.600. The molecule has 1 saturated carbocycles. The first kappa shape index (κ1) is 12.8. The summed E-state index contributed by atoms with van der Waals surface area (Å²) in [6.45, 7) is 2.15. The third-order valence-corrected chi connectivity index (χ3v) is 4.29. The molecule has 0 saturated heterocycles. The van der Waals surface area contributed by atoms with Gasteiger partial charge >= 0.3 is 0 Å². The van der Waals surface area contributed by atoms with Gasteiger partial charge in [-0.05, 0) is 43.0 Å². The van der Waals surface area contributed by atoms with Crippen LogP contribution in [0.1, 0.15) is 43.2 Å². The summed E-state index contributed by atoms with van der Waals surface area (Å²) in [7, 11) is 2.23. The highest BCUT2D eigenvalue weighted by Gasteiger charge is 2.18. The molecule has 94 valence electrons. The molecular weight excluding hydrogens is 230 g/mol. The maximum atomic E-state index is 5.90. The minimum absolute atomic E-state index is 0.610. The maximum Gasteiger partial charge on any atom is 0.0476 e. The Bertz CT molecular complexity index is 369. The number of aryl methyl sites for hydroxylation is 1. The molecule has 0 aromatic heterocycles. The molecule has 1 aliphatic carbocycles. The Morgan fingerprint density at radius 3 is 2.53 bits per heavy atom. The van der Waals surface area contributed by atoms with Crippen LogP contribution in [0.25, 0.3) is 0 Å². The van der Waals surface area contributed by atoms with E-state index in [-0.39, 0.29) is 0 Å². The Labute approximate surface area is 110 Å². The normalized spacial score (nSPS) is 17.1. The Morgan fingerprint density at radius 1 is 1.24 bits per heavy atom. The third-order valence-electron chi connectivity index (χ3n) is 4.00. The van der Waals surface area contributed by atoms with Crippen molar-refractivity contribution in [2.45, 2.75) is 50.9 Å². The Hall–Kier alpha value is -0.690. The van der Waals surface area contributed by atoms with Crippen molar-refractivity contribution in [3.05, 3.63) is 29.3 Å². The molecule has 1 aromatic carbocycles. The lowest BCUT2D eigenvalue weighted by Gasteiger charge is -2.33. The van der Waals surface area contributed by atoms with Crippen LogP contribution < -0.4 is 4.90 Å². The standard InChI is InChI=1S/C15H22ClN/c1-12-10-15(9-8-13(12)11-16)17(2)14-6-4-3-5-7-14/h8-10,14H,3-7,11H2,1-2H3. The number of anilines is 1. The van der Waals surface area contributed by atoms with E-state index in [0.717, 1.165) is 6.04 Å². The summed E-state index contributed by atoms with van der Waals surface area (Å²) in [5.41, 5.74) is 3.89. The molecule has 0 N–H and O–H groups in total. The van der Waals surface area contributed by atoms with Gasteiger partial charge in [0.15, 0.2) is 0 Å². The maximum absolute atomic E-state index is 5.90. The molecule has 1 aromatic rings. The van der Waals surface area contributed by atoms with E-state index in [4.69, 9.17) is 11.6 Å². The van der Waals surface area contributed by atoms with Crippen LogP contribution in [0.5, 0.6) is 0 Å². The Balaban J connectivity index is 2.12. The van der Waals surface area contributed by atoms with E-state index in [0.29, 0.717) is 5.88 Å². The van der Waals surface area contributed by atoms with E-state index in [1.165, 1.54) is 48.9 Å². The van der Waals surface area contributed by atoms with Crippen molar-refractivity contribution in [3.63, 3.8) is 0 Å². The molecule has 0 unspecified atom stereocenters. The number of hydrogen-bond acceptors (Lipinski definition) is 1. The predicted octanol–water partition coefficient (Wildman–Crippen LogP) is 4.50. The lowest BCUT2D eigenvalue weighted by Crippen LogP contribution is -2.33. The molecule has 2 heteroatoms. The number of alkyl halides is 1. The van der Waals surface area contributed by atoms with Gasteiger partial charge in [0.2, 0.25) is 0 Å². The zero-order chi connectivity index (χ0) is 12.3. The van der Waals surface area contributed by atoms with Crippen molar-refractivity contribution in [3.8, 4) is 0 Å². The van der Waals surface area contributed by atoms with Gasteiger partial charge in [-0.25, -0.2) is 0 Å². The number of rotatable bonds is 3. The summed E-state index contributed by atoms with van der Waals surface area (Å²) in [5, 5.41) is 0. The van der Waals surface area contributed by atoms with Gasteiger partial charge in [-0.2, -0.15) is 0 Å². The smallest absolute Gasteiger partial charge is 0.0476 e. The van der Waals surface area contributed by atoms with E-state index < -0.39 is 0 Å². The van der Waals surface area contributed by atoms with Gasteiger partial charge in [-0.3, -0.25) is 0 Å². The predicted molar refractivity (Wildman–Crippen MR) is 76.0 cm³/mol. The molecule has 0 aliphatic heterocycles.